The molecule has 6 nitrogen and oxygen atoms in total. The maximum Gasteiger partial charge on any atom is 0.260 e. The van der Waals surface area contributed by atoms with E-state index in [2.05, 4.69) is 85.2 Å². The van der Waals surface area contributed by atoms with Crippen LogP contribution in [0.15, 0.2) is 0 Å². The van der Waals surface area contributed by atoms with Crippen LogP contribution in [0.3, 0.4) is 0 Å². The SMILES string of the molecule is CC1N(C)[CH+]N(C)N1C.CC1N(C)[CH+]N(C)N1C.[CH3-].[CH3-].[Pd]. The molecule has 2 fully saturated rings. The third-order valence-electron chi connectivity index (χ3n) is 3.95. The Balaban J connectivity index is -0.000000270. The number of hydrazine groups is 2. The van der Waals surface area contributed by atoms with Crippen LogP contribution < -0.4 is 0 Å². The van der Waals surface area contributed by atoms with Gasteiger partial charge in [-0.05, 0) is 13.8 Å². The van der Waals surface area contributed by atoms with Gasteiger partial charge < -0.3 is 14.9 Å². The summed E-state index contributed by atoms with van der Waals surface area (Å²) in [6, 6.07) is 0. The van der Waals surface area contributed by atoms with Crippen LogP contribution in [0.25, 0.3) is 0 Å². The van der Waals surface area contributed by atoms with Gasteiger partial charge in [-0.25, -0.2) is 0 Å². The van der Waals surface area contributed by atoms with Crippen LogP contribution in [0.4, 0.5) is 0 Å². The molecule has 0 aromatic rings. The third kappa shape index (κ3) is 6.43. The quantitative estimate of drug-likeness (QED) is 0.453. The molecule has 0 aliphatic carbocycles. The van der Waals surface area contributed by atoms with Crippen molar-refractivity contribution in [2.24, 2.45) is 0 Å². The van der Waals surface area contributed by atoms with Crippen LogP contribution in [-0.4, -0.2) is 84.5 Å². The van der Waals surface area contributed by atoms with Gasteiger partial charge in [0.25, 0.3) is 13.3 Å². The minimum absolute atomic E-state index is 0. The fraction of sp³-hybridized carbons (Fsp3) is 0.714. The van der Waals surface area contributed by atoms with Crippen molar-refractivity contribution in [1.29, 1.82) is 0 Å². The normalized spacial score (nSPS) is 28.4. The van der Waals surface area contributed by atoms with Crippen LogP contribution in [0, 0.1) is 28.2 Å². The minimum Gasteiger partial charge on any atom is -0.358 e. The van der Waals surface area contributed by atoms with Crippen molar-refractivity contribution in [3.05, 3.63) is 28.2 Å². The van der Waals surface area contributed by atoms with Crippen molar-refractivity contribution in [2.45, 2.75) is 26.2 Å². The molecule has 130 valence electrons. The average Bonchev–Trinajstić information content (AvgIpc) is 2.66. The van der Waals surface area contributed by atoms with E-state index in [0.717, 1.165) is 0 Å². The Morgan fingerprint density at radius 1 is 0.619 bits per heavy atom. The topological polar surface area (TPSA) is 19.4 Å². The van der Waals surface area contributed by atoms with Crippen LogP contribution in [-0.2, 0) is 20.4 Å². The Morgan fingerprint density at radius 3 is 0.905 bits per heavy atom. The van der Waals surface area contributed by atoms with Gasteiger partial charge >= 0.3 is 0 Å². The van der Waals surface area contributed by atoms with Gasteiger partial charge in [0, 0.05) is 62.7 Å². The molecule has 0 bridgehead atoms. The Labute approximate surface area is 147 Å². The first-order valence-electron chi connectivity index (χ1n) is 6.30. The third-order valence-corrected chi connectivity index (χ3v) is 3.95. The number of rotatable bonds is 0. The molecule has 0 amide bonds. The monoisotopic (exact) mass is 392 g/mol. The van der Waals surface area contributed by atoms with Gasteiger partial charge in [-0.15, -0.1) is 9.80 Å². The maximum absolute atomic E-state index is 2.17. The van der Waals surface area contributed by atoms with Gasteiger partial charge in [0.05, 0.1) is 0 Å². The van der Waals surface area contributed by atoms with Crippen molar-refractivity contribution in [3.8, 4) is 0 Å². The van der Waals surface area contributed by atoms with Crippen LogP contribution in [0.5, 0.6) is 0 Å². The van der Waals surface area contributed by atoms with E-state index in [4.69, 9.17) is 0 Å². The van der Waals surface area contributed by atoms with E-state index >= 15 is 0 Å². The largest absolute Gasteiger partial charge is 0.358 e. The van der Waals surface area contributed by atoms with Crippen molar-refractivity contribution < 1.29 is 20.4 Å². The van der Waals surface area contributed by atoms with Crippen molar-refractivity contribution >= 4 is 0 Å². The molecule has 0 N–H and O–H groups in total. The second-order valence-electron chi connectivity index (χ2n) is 5.12. The number of hydrogen-bond acceptors (Lipinski definition) is 6. The summed E-state index contributed by atoms with van der Waals surface area (Å²) in [6.07, 6.45) is 0.991. The van der Waals surface area contributed by atoms with E-state index in [1.165, 1.54) is 0 Å². The fourth-order valence-corrected chi connectivity index (χ4v) is 1.94. The Bertz CT molecular complexity index is 218. The fourth-order valence-electron chi connectivity index (χ4n) is 1.94. The summed E-state index contributed by atoms with van der Waals surface area (Å²) in [5.41, 5.74) is 0. The first-order chi connectivity index (χ1) is 8.25. The summed E-state index contributed by atoms with van der Waals surface area (Å²) in [4.78, 5) is 4.33. The molecule has 2 aliphatic rings. The zero-order chi connectivity index (χ0) is 14.0. The number of nitrogens with zero attached hydrogens (tertiary/aromatic N) is 6. The summed E-state index contributed by atoms with van der Waals surface area (Å²) >= 11 is 0. The Hall–Kier alpha value is 0.162. The van der Waals surface area contributed by atoms with Gasteiger partial charge in [-0.1, -0.05) is 10.0 Å². The van der Waals surface area contributed by atoms with E-state index < -0.39 is 0 Å². The predicted octanol–water partition coefficient (Wildman–Crippen LogP) is 1.25. The van der Waals surface area contributed by atoms with E-state index in [1.54, 1.807) is 0 Å². The molecular formula is C14H34N6Pd. The molecule has 7 heteroatoms. The zero-order valence-corrected chi connectivity index (χ0v) is 16.9. The summed E-state index contributed by atoms with van der Waals surface area (Å²) in [7, 11) is 12.4. The molecule has 2 unspecified atom stereocenters. The van der Waals surface area contributed by atoms with Crippen LogP contribution in [0.1, 0.15) is 13.8 Å². The second kappa shape index (κ2) is 10.8. The van der Waals surface area contributed by atoms with Gasteiger partial charge in [-0.3, -0.25) is 0 Å². The molecule has 0 aromatic heterocycles. The Kier molecular flexibility index (Phi) is 13.4. The van der Waals surface area contributed by atoms with Crippen molar-refractivity contribution in [3.63, 3.8) is 0 Å². The first-order valence-corrected chi connectivity index (χ1v) is 6.30. The summed E-state index contributed by atoms with van der Waals surface area (Å²) < 4.78 is 0. The molecule has 21 heavy (non-hydrogen) atoms. The maximum atomic E-state index is 2.17. The molecule has 2 atom stereocenters. The molecule has 2 saturated heterocycles. The van der Waals surface area contributed by atoms with Gasteiger partial charge in [0.1, 0.15) is 12.3 Å². The molecule has 0 saturated carbocycles. The Morgan fingerprint density at radius 2 is 0.857 bits per heavy atom. The van der Waals surface area contributed by atoms with Gasteiger partial charge in [-0.2, -0.15) is 10.0 Å². The van der Waals surface area contributed by atoms with Crippen LogP contribution in [0.2, 0.25) is 0 Å². The molecule has 0 aromatic carbocycles. The molecule has 2 aliphatic heterocycles. The van der Waals surface area contributed by atoms with Gasteiger partial charge in [0.15, 0.2) is 0 Å². The van der Waals surface area contributed by atoms with Gasteiger partial charge in [0.2, 0.25) is 0 Å². The average molecular weight is 393 g/mol. The first kappa shape index (κ1) is 26.1. The summed E-state index contributed by atoms with van der Waals surface area (Å²) in [6.45, 7) is 8.48. The van der Waals surface area contributed by atoms with E-state index in [0.29, 0.717) is 12.3 Å². The second-order valence-corrected chi connectivity index (χ2v) is 5.12. The van der Waals surface area contributed by atoms with Crippen molar-refractivity contribution in [2.75, 3.05) is 42.3 Å². The van der Waals surface area contributed by atoms with E-state index in [-0.39, 0.29) is 35.3 Å². The molecule has 2 rings (SSSR count). The van der Waals surface area contributed by atoms with Crippen LogP contribution >= 0.6 is 0 Å². The van der Waals surface area contributed by atoms with E-state index in [1.807, 2.05) is 14.1 Å². The van der Waals surface area contributed by atoms with Crippen molar-refractivity contribution in [1.82, 2.24) is 29.8 Å². The predicted molar refractivity (Wildman–Crippen MR) is 86.9 cm³/mol. The summed E-state index contributed by atoms with van der Waals surface area (Å²) in [5, 5.41) is 8.48. The molecule has 0 spiro atoms. The molecule has 2 heterocycles. The standard InChI is InChI=1S/2C6H14N3.2CH3.Pd/c2*1-6-7(2)5-8(3)9(6)4;;;/h2*5-6H,1-4H3;2*1H3;/q2*+1;2*-1;. The summed E-state index contributed by atoms with van der Waals surface area (Å²) in [5.74, 6) is 0. The smallest absolute Gasteiger partial charge is 0.260 e. The van der Waals surface area contributed by atoms with E-state index in [9.17, 15) is 0 Å². The zero-order valence-electron chi connectivity index (χ0n) is 15.3. The number of hydrogen-bond donors (Lipinski definition) is 0. The minimum atomic E-state index is 0. The molecular weight excluding hydrogens is 359 g/mol. The molecule has 0 radical (unpaired) electrons.